The van der Waals surface area contributed by atoms with Crippen molar-refractivity contribution >= 4 is 21.6 Å². The minimum absolute atomic E-state index is 0.111. The molecule has 2 aliphatic rings. The molecule has 1 saturated carbocycles. The molecule has 1 aromatic rings. The molecule has 0 aromatic heterocycles. The Labute approximate surface area is 148 Å². The van der Waals surface area contributed by atoms with Gasteiger partial charge in [-0.3, -0.25) is 4.79 Å². The van der Waals surface area contributed by atoms with Crippen molar-refractivity contribution in [1.29, 1.82) is 0 Å². The van der Waals surface area contributed by atoms with E-state index in [4.69, 9.17) is 10.5 Å². The Hall–Kier alpha value is -1.48. The molecule has 8 heteroatoms. The molecule has 0 spiro atoms. The minimum Gasteiger partial charge on any atom is -0.381 e. The van der Waals surface area contributed by atoms with Crippen molar-refractivity contribution < 1.29 is 17.9 Å². The van der Waals surface area contributed by atoms with Crippen LogP contribution in [0.15, 0.2) is 29.2 Å². The molecule has 2 fully saturated rings. The second kappa shape index (κ2) is 7.82. The molecular weight excluding hydrogens is 342 g/mol. The number of nitrogens with two attached hydrogens (primary N) is 1. The summed E-state index contributed by atoms with van der Waals surface area (Å²) in [7, 11) is -3.50. The predicted molar refractivity (Wildman–Crippen MR) is 94.5 cm³/mol. The number of ether oxygens (including phenoxy) is 1. The first kappa shape index (κ1) is 18.3. The molecule has 1 atom stereocenters. The third-order valence-electron chi connectivity index (χ3n) is 4.77. The Morgan fingerprint density at radius 3 is 2.40 bits per heavy atom. The number of carbonyl (C=O) groups excluding carboxylic acids is 1. The van der Waals surface area contributed by atoms with Gasteiger partial charge in [0.05, 0.1) is 10.9 Å². The summed E-state index contributed by atoms with van der Waals surface area (Å²) in [4.78, 5) is 12.5. The molecule has 1 saturated heterocycles. The predicted octanol–water partition coefficient (Wildman–Crippen LogP) is 1.07. The highest BCUT2D eigenvalue weighted by Gasteiger charge is 2.27. The first-order valence-electron chi connectivity index (χ1n) is 8.69. The average molecular weight is 367 g/mol. The Morgan fingerprint density at radius 2 is 1.80 bits per heavy atom. The van der Waals surface area contributed by atoms with Gasteiger partial charge in [0.15, 0.2) is 0 Å². The van der Waals surface area contributed by atoms with Crippen molar-refractivity contribution in [3.63, 3.8) is 0 Å². The van der Waals surface area contributed by atoms with Gasteiger partial charge < -0.3 is 15.8 Å². The summed E-state index contributed by atoms with van der Waals surface area (Å²) >= 11 is 0. The highest BCUT2D eigenvalue weighted by atomic mass is 32.2. The summed E-state index contributed by atoms with van der Waals surface area (Å²) in [6.07, 6.45) is 3.72. The standard InChI is InChI=1S/C17H25N3O4S/c18-16(13-7-9-24-10-8-13)17(21)20-14-3-5-15(6-4-14)25(22,23)19-11-12-1-2-12/h3-6,12-13,16,19H,1-2,7-11,18H2,(H,20,21). The summed E-state index contributed by atoms with van der Waals surface area (Å²) in [5.74, 6) is 0.328. The van der Waals surface area contributed by atoms with Crippen molar-refractivity contribution in [2.75, 3.05) is 25.1 Å². The fraction of sp³-hybridized carbons (Fsp3) is 0.588. The number of rotatable bonds is 7. The maximum Gasteiger partial charge on any atom is 0.241 e. The third-order valence-corrected chi connectivity index (χ3v) is 6.21. The summed E-state index contributed by atoms with van der Waals surface area (Å²) in [6.45, 7) is 1.75. The maximum atomic E-state index is 12.3. The zero-order valence-electron chi connectivity index (χ0n) is 14.1. The van der Waals surface area contributed by atoms with E-state index in [9.17, 15) is 13.2 Å². The number of carbonyl (C=O) groups is 1. The molecule has 4 N–H and O–H groups in total. The average Bonchev–Trinajstić information content (AvgIpc) is 3.45. The van der Waals surface area contributed by atoms with Gasteiger partial charge >= 0.3 is 0 Å². The molecule has 7 nitrogen and oxygen atoms in total. The highest BCUT2D eigenvalue weighted by molar-refractivity contribution is 7.89. The fourth-order valence-electron chi connectivity index (χ4n) is 2.86. The van der Waals surface area contributed by atoms with E-state index in [2.05, 4.69) is 10.0 Å². The Balaban J connectivity index is 1.56. The van der Waals surface area contributed by atoms with Crippen LogP contribution in [-0.2, 0) is 19.6 Å². The molecule has 1 unspecified atom stereocenters. The smallest absolute Gasteiger partial charge is 0.241 e. The van der Waals surface area contributed by atoms with Gasteiger partial charge in [0.25, 0.3) is 0 Å². The minimum atomic E-state index is -3.50. The van der Waals surface area contributed by atoms with Crippen LogP contribution in [0, 0.1) is 11.8 Å². The second-order valence-electron chi connectivity index (χ2n) is 6.78. The quantitative estimate of drug-likeness (QED) is 0.668. The van der Waals surface area contributed by atoms with Crippen LogP contribution in [0.2, 0.25) is 0 Å². The van der Waals surface area contributed by atoms with Gasteiger partial charge in [0.2, 0.25) is 15.9 Å². The number of benzene rings is 1. The molecular formula is C17H25N3O4S. The number of anilines is 1. The van der Waals surface area contributed by atoms with E-state index in [1.165, 1.54) is 12.1 Å². The van der Waals surface area contributed by atoms with Crippen molar-refractivity contribution in [1.82, 2.24) is 4.72 Å². The van der Waals surface area contributed by atoms with E-state index in [-0.39, 0.29) is 16.7 Å². The third kappa shape index (κ3) is 5.01. The van der Waals surface area contributed by atoms with Crippen LogP contribution >= 0.6 is 0 Å². The molecule has 0 radical (unpaired) electrons. The Morgan fingerprint density at radius 1 is 1.16 bits per heavy atom. The summed E-state index contributed by atoms with van der Waals surface area (Å²) in [5.41, 5.74) is 6.58. The molecule has 1 amide bonds. The van der Waals surface area contributed by atoms with Crippen molar-refractivity contribution in [2.24, 2.45) is 17.6 Å². The van der Waals surface area contributed by atoms with Crippen molar-refractivity contribution in [3.8, 4) is 0 Å². The number of nitrogens with one attached hydrogen (secondary N) is 2. The lowest BCUT2D eigenvalue weighted by Gasteiger charge is -2.26. The van der Waals surface area contributed by atoms with Crippen molar-refractivity contribution in [3.05, 3.63) is 24.3 Å². The Bertz CT molecular complexity index is 695. The molecule has 1 heterocycles. The number of hydrogen-bond acceptors (Lipinski definition) is 5. The first-order chi connectivity index (χ1) is 12.0. The van der Waals surface area contributed by atoms with Crippen LogP contribution in [0.4, 0.5) is 5.69 Å². The summed E-state index contributed by atoms with van der Waals surface area (Å²) in [5, 5.41) is 2.76. The Kier molecular flexibility index (Phi) is 5.73. The topological polar surface area (TPSA) is 111 Å². The van der Waals surface area contributed by atoms with Gasteiger partial charge in [0.1, 0.15) is 0 Å². The SMILES string of the molecule is NC(C(=O)Nc1ccc(S(=O)(=O)NCC2CC2)cc1)C1CCOCC1. The van der Waals surface area contributed by atoms with E-state index in [1.54, 1.807) is 12.1 Å². The molecule has 0 bridgehead atoms. The van der Waals surface area contributed by atoms with E-state index < -0.39 is 16.1 Å². The van der Waals surface area contributed by atoms with Crippen LogP contribution in [0.5, 0.6) is 0 Å². The molecule has 138 valence electrons. The van der Waals surface area contributed by atoms with Crippen LogP contribution in [-0.4, -0.2) is 40.1 Å². The van der Waals surface area contributed by atoms with Gasteiger partial charge in [-0.25, -0.2) is 13.1 Å². The van der Waals surface area contributed by atoms with Gasteiger partial charge in [-0.15, -0.1) is 0 Å². The zero-order valence-corrected chi connectivity index (χ0v) is 14.9. The number of amides is 1. The van der Waals surface area contributed by atoms with Crippen LogP contribution in [0.3, 0.4) is 0 Å². The van der Waals surface area contributed by atoms with Gasteiger partial charge in [0, 0.05) is 25.4 Å². The molecule has 25 heavy (non-hydrogen) atoms. The van der Waals surface area contributed by atoms with Gasteiger partial charge in [-0.2, -0.15) is 0 Å². The van der Waals surface area contributed by atoms with Gasteiger partial charge in [-0.1, -0.05) is 0 Å². The largest absolute Gasteiger partial charge is 0.381 e. The van der Waals surface area contributed by atoms with E-state index >= 15 is 0 Å². The first-order valence-corrected chi connectivity index (χ1v) is 10.2. The lowest BCUT2D eigenvalue weighted by Crippen LogP contribution is -2.44. The molecule has 1 aromatic carbocycles. The summed E-state index contributed by atoms with van der Waals surface area (Å²) < 4.78 is 32.3. The van der Waals surface area contributed by atoms with Gasteiger partial charge in [-0.05, 0) is 61.8 Å². The van der Waals surface area contributed by atoms with E-state index in [1.807, 2.05) is 0 Å². The van der Waals surface area contributed by atoms with Crippen LogP contribution < -0.4 is 15.8 Å². The monoisotopic (exact) mass is 367 g/mol. The lowest BCUT2D eigenvalue weighted by atomic mass is 9.92. The van der Waals surface area contributed by atoms with E-state index in [0.717, 1.165) is 25.7 Å². The van der Waals surface area contributed by atoms with Crippen LogP contribution in [0.25, 0.3) is 0 Å². The highest BCUT2D eigenvalue weighted by Crippen LogP contribution is 2.28. The van der Waals surface area contributed by atoms with E-state index in [0.29, 0.717) is 31.4 Å². The van der Waals surface area contributed by atoms with Crippen molar-refractivity contribution in [2.45, 2.75) is 36.6 Å². The number of hydrogen-bond donors (Lipinski definition) is 3. The fourth-order valence-corrected chi connectivity index (χ4v) is 3.98. The summed E-state index contributed by atoms with van der Waals surface area (Å²) in [6, 6.07) is 5.56. The zero-order chi connectivity index (χ0) is 17.9. The normalized spacial score (nSPS) is 20.2. The second-order valence-corrected chi connectivity index (χ2v) is 8.55. The molecule has 1 aliphatic carbocycles. The van der Waals surface area contributed by atoms with Crippen LogP contribution in [0.1, 0.15) is 25.7 Å². The molecule has 1 aliphatic heterocycles. The maximum absolute atomic E-state index is 12.3. The molecule has 3 rings (SSSR count). The number of sulfonamides is 1. The lowest BCUT2D eigenvalue weighted by molar-refractivity contribution is -0.119.